The van der Waals surface area contributed by atoms with Gasteiger partial charge < -0.3 is 9.47 Å². The van der Waals surface area contributed by atoms with Crippen molar-refractivity contribution < 1.29 is 13.9 Å². The summed E-state index contributed by atoms with van der Waals surface area (Å²) in [5.74, 6) is 1.12. The van der Waals surface area contributed by atoms with Gasteiger partial charge in [0.15, 0.2) is 11.6 Å². The second-order valence-corrected chi connectivity index (χ2v) is 11.3. The van der Waals surface area contributed by atoms with Crippen molar-refractivity contribution >= 4 is 0 Å². The van der Waals surface area contributed by atoms with Gasteiger partial charge in [0.25, 0.3) is 0 Å². The van der Waals surface area contributed by atoms with E-state index in [4.69, 9.17) is 19.4 Å². The molecule has 3 fully saturated rings. The maximum atomic E-state index is 15.2. The summed E-state index contributed by atoms with van der Waals surface area (Å²) in [6.45, 7) is 5.97. The van der Waals surface area contributed by atoms with Gasteiger partial charge in [0, 0.05) is 46.8 Å². The van der Waals surface area contributed by atoms with Crippen molar-refractivity contribution in [2.75, 3.05) is 13.2 Å². The predicted molar refractivity (Wildman–Crippen MR) is 135 cm³/mol. The van der Waals surface area contributed by atoms with Crippen molar-refractivity contribution in [2.45, 2.75) is 69.5 Å². The van der Waals surface area contributed by atoms with Gasteiger partial charge in [0.2, 0.25) is 0 Å². The highest BCUT2D eigenvalue weighted by atomic mass is 19.1. The molecule has 0 unspecified atom stereocenters. The average molecular weight is 486 g/mol. The van der Waals surface area contributed by atoms with Crippen LogP contribution in [0.2, 0.25) is 0 Å². The van der Waals surface area contributed by atoms with Gasteiger partial charge in [-0.25, -0.2) is 14.4 Å². The number of nitrogens with zero attached hydrogens (tertiary/aromatic N) is 3. The molecular weight excluding hydrogens is 453 g/mol. The fraction of sp³-hybridized carbons (Fsp3) is 0.500. The summed E-state index contributed by atoms with van der Waals surface area (Å²) in [5, 5.41) is 0. The van der Waals surface area contributed by atoms with E-state index in [0.29, 0.717) is 36.4 Å². The average Bonchev–Trinajstić information content (AvgIpc) is 3.64. The van der Waals surface area contributed by atoms with Crippen molar-refractivity contribution in [1.82, 2.24) is 15.0 Å². The number of hydrogen-bond acceptors (Lipinski definition) is 5. The summed E-state index contributed by atoms with van der Waals surface area (Å²) < 4.78 is 27.6. The summed E-state index contributed by atoms with van der Waals surface area (Å²) in [5.41, 5.74) is 5.57. The quantitative estimate of drug-likeness (QED) is 0.441. The van der Waals surface area contributed by atoms with Gasteiger partial charge in [0.05, 0.1) is 24.6 Å². The first-order valence-corrected chi connectivity index (χ1v) is 13.4. The number of aromatic nitrogens is 3. The zero-order chi connectivity index (χ0) is 24.5. The van der Waals surface area contributed by atoms with Crippen molar-refractivity contribution in [3.8, 4) is 22.6 Å². The Labute approximate surface area is 211 Å². The van der Waals surface area contributed by atoms with E-state index in [1.54, 1.807) is 6.07 Å². The van der Waals surface area contributed by atoms with E-state index in [-0.39, 0.29) is 17.2 Å². The lowest BCUT2D eigenvalue weighted by Gasteiger charge is -2.54. The first kappa shape index (κ1) is 22.5. The monoisotopic (exact) mass is 485 g/mol. The Balaban J connectivity index is 1.43. The maximum absolute atomic E-state index is 15.2. The fourth-order valence-electron chi connectivity index (χ4n) is 7.27. The van der Waals surface area contributed by atoms with Crippen LogP contribution in [0.1, 0.15) is 68.7 Å². The van der Waals surface area contributed by atoms with Crippen molar-refractivity contribution in [3.63, 3.8) is 0 Å². The van der Waals surface area contributed by atoms with Gasteiger partial charge in [-0.3, -0.25) is 4.98 Å². The molecule has 2 saturated carbocycles. The lowest BCUT2D eigenvalue weighted by atomic mass is 9.54. The summed E-state index contributed by atoms with van der Waals surface area (Å²) in [4.78, 5) is 14.8. The predicted octanol–water partition coefficient (Wildman–Crippen LogP) is 6.22. The molecule has 2 aromatic heterocycles. The molecule has 1 spiro atoms. The molecule has 0 N–H and O–H groups in total. The molecular formula is C30H32FN3O2. The second-order valence-electron chi connectivity index (χ2n) is 11.3. The first-order chi connectivity index (χ1) is 17.5. The van der Waals surface area contributed by atoms with Gasteiger partial charge in [0.1, 0.15) is 5.82 Å². The van der Waals surface area contributed by atoms with Gasteiger partial charge >= 0.3 is 0 Å². The van der Waals surface area contributed by atoms with E-state index < -0.39 is 5.79 Å². The molecule has 36 heavy (non-hydrogen) atoms. The maximum Gasteiger partial charge on any atom is 0.171 e. The van der Waals surface area contributed by atoms with Crippen LogP contribution in [0.3, 0.4) is 0 Å². The van der Waals surface area contributed by atoms with E-state index in [0.717, 1.165) is 48.2 Å². The highest BCUT2D eigenvalue weighted by Gasteiger charge is 2.58. The van der Waals surface area contributed by atoms with E-state index in [9.17, 15) is 0 Å². The highest BCUT2D eigenvalue weighted by Crippen LogP contribution is 2.57. The molecule has 4 aliphatic rings. The van der Waals surface area contributed by atoms with E-state index in [1.807, 2.05) is 30.6 Å². The van der Waals surface area contributed by atoms with Crippen LogP contribution in [-0.2, 0) is 21.3 Å². The lowest BCUT2D eigenvalue weighted by Crippen LogP contribution is -2.55. The molecule has 3 heterocycles. The first-order valence-electron chi connectivity index (χ1n) is 13.4. The Morgan fingerprint density at radius 1 is 0.972 bits per heavy atom. The van der Waals surface area contributed by atoms with Crippen LogP contribution >= 0.6 is 0 Å². The molecule has 0 bridgehead atoms. The van der Waals surface area contributed by atoms with Crippen LogP contribution < -0.4 is 0 Å². The van der Waals surface area contributed by atoms with Crippen LogP contribution in [0.15, 0.2) is 42.7 Å². The van der Waals surface area contributed by atoms with Crippen molar-refractivity contribution in [1.29, 1.82) is 0 Å². The molecule has 0 radical (unpaired) electrons. The molecule has 1 aliphatic heterocycles. The number of fused-ring (bicyclic) bond motifs is 3. The minimum Gasteiger partial charge on any atom is -0.347 e. The molecule has 3 aliphatic carbocycles. The van der Waals surface area contributed by atoms with E-state index in [1.165, 1.54) is 24.5 Å². The lowest BCUT2D eigenvalue weighted by molar-refractivity contribution is -0.234. The van der Waals surface area contributed by atoms with Crippen molar-refractivity contribution in [3.05, 3.63) is 65.4 Å². The van der Waals surface area contributed by atoms with Gasteiger partial charge in [-0.05, 0) is 67.7 Å². The zero-order valence-electron chi connectivity index (χ0n) is 21.0. The number of ether oxygens (including phenoxy) is 2. The molecule has 3 atom stereocenters. The van der Waals surface area contributed by atoms with Gasteiger partial charge in [-0.1, -0.05) is 26.0 Å². The Kier molecular flexibility index (Phi) is 5.09. The van der Waals surface area contributed by atoms with E-state index in [2.05, 4.69) is 18.8 Å². The van der Waals surface area contributed by atoms with Crippen LogP contribution in [0.5, 0.6) is 0 Å². The normalized spacial score (nSPS) is 28.6. The number of rotatable bonds is 3. The topological polar surface area (TPSA) is 57.1 Å². The Hall–Kier alpha value is -2.70. The number of benzene rings is 1. The third kappa shape index (κ3) is 3.30. The minimum absolute atomic E-state index is 0.155. The molecule has 5 nitrogen and oxygen atoms in total. The fourth-order valence-corrected chi connectivity index (χ4v) is 7.27. The minimum atomic E-state index is -0.476. The number of hydrogen-bond donors (Lipinski definition) is 0. The smallest absolute Gasteiger partial charge is 0.171 e. The van der Waals surface area contributed by atoms with E-state index >= 15 is 4.39 Å². The molecule has 7 rings (SSSR count). The van der Waals surface area contributed by atoms with Crippen LogP contribution in [-0.4, -0.2) is 34.0 Å². The van der Waals surface area contributed by atoms with Crippen LogP contribution in [0.4, 0.5) is 4.39 Å². The zero-order valence-corrected chi connectivity index (χ0v) is 21.0. The summed E-state index contributed by atoms with van der Waals surface area (Å²) in [6, 6.07) is 9.04. The third-order valence-electron chi connectivity index (χ3n) is 9.38. The van der Waals surface area contributed by atoms with Crippen LogP contribution in [0.25, 0.3) is 22.6 Å². The van der Waals surface area contributed by atoms with Gasteiger partial charge in [-0.2, -0.15) is 0 Å². The number of pyridine rings is 1. The SMILES string of the molecule is C[C@@H]1[C@H]2CCc3c(-c4ccccc4F)nc(-c4ccncc4C4CC4)nc3[C@]2(C)CCC12OCCO2. The van der Waals surface area contributed by atoms with Crippen LogP contribution in [0, 0.1) is 17.7 Å². The molecule has 3 aromatic rings. The Morgan fingerprint density at radius 2 is 1.78 bits per heavy atom. The summed E-state index contributed by atoms with van der Waals surface area (Å²) in [7, 11) is 0. The second kappa shape index (κ2) is 8.15. The molecule has 186 valence electrons. The summed E-state index contributed by atoms with van der Waals surface area (Å²) in [6.07, 6.45) is 9.71. The Bertz CT molecular complexity index is 1330. The molecule has 0 amide bonds. The highest BCUT2D eigenvalue weighted by molar-refractivity contribution is 5.71. The summed E-state index contributed by atoms with van der Waals surface area (Å²) >= 11 is 0. The van der Waals surface area contributed by atoms with Crippen molar-refractivity contribution in [2.24, 2.45) is 11.8 Å². The molecule has 1 saturated heterocycles. The Morgan fingerprint density at radius 3 is 2.56 bits per heavy atom. The molecule has 1 aromatic carbocycles. The van der Waals surface area contributed by atoms with Gasteiger partial charge in [-0.15, -0.1) is 0 Å². The largest absolute Gasteiger partial charge is 0.347 e. The number of halogens is 1. The standard InChI is InChI=1S/C30H32FN3O2/c1-18-24-10-9-22-26(21-5-3-4-6-25(21)31)33-28(20-11-14-32-17-23(20)19-7-8-19)34-27(22)29(24,2)12-13-30(18)35-15-16-36-30/h3-6,11,14,17-19,24H,7-10,12-13,15-16H2,1-2H3/t18-,24-,29-/m1/s1. The third-order valence-corrected chi connectivity index (χ3v) is 9.38. The molecule has 6 heteroatoms.